The smallest absolute Gasteiger partial charge is 0.147 e. The van der Waals surface area contributed by atoms with Crippen LogP contribution in [0.25, 0.3) is 0 Å². The Morgan fingerprint density at radius 1 is 1.25 bits per heavy atom. The fourth-order valence-electron chi connectivity index (χ4n) is 2.67. The van der Waals surface area contributed by atoms with E-state index in [0.717, 1.165) is 11.4 Å². The summed E-state index contributed by atoms with van der Waals surface area (Å²) in [6.07, 6.45) is 3.57. The van der Waals surface area contributed by atoms with Gasteiger partial charge in [-0.25, -0.2) is 0 Å². The second-order valence-corrected chi connectivity index (χ2v) is 5.94. The Kier molecular flexibility index (Phi) is 3.48. The number of aliphatic imine (C=N–C) groups is 1. The number of benzene rings is 1. The summed E-state index contributed by atoms with van der Waals surface area (Å²) in [6.45, 7) is 2.86. The first-order chi connectivity index (χ1) is 9.56. The fourth-order valence-corrected chi connectivity index (χ4v) is 3.22. The lowest BCUT2D eigenvalue weighted by molar-refractivity contribution is 0.286. The molecule has 2 aliphatic rings. The predicted molar refractivity (Wildman–Crippen MR) is 82.0 cm³/mol. The van der Waals surface area contributed by atoms with E-state index in [9.17, 15) is 5.11 Å². The van der Waals surface area contributed by atoms with E-state index >= 15 is 0 Å². The van der Waals surface area contributed by atoms with Gasteiger partial charge in [0.25, 0.3) is 0 Å². The molecule has 0 fully saturated rings. The van der Waals surface area contributed by atoms with E-state index in [1.54, 1.807) is 18.2 Å². The van der Waals surface area contributed by atoms with Crippen molar-refractivity contribution in [3.05, 3.63) is 52.2 Å². The van der Waals surface area contributed by atoms with Gasteiger partial charge in [0.1, 0.15) is 11.6 Å². The summed E-state index contributed by atoms with van der Waals surface area (Å²) in [5.74, 6) is 1.34. The summed E-state index contributed by atoms with van der Waals surface area (Å²) in [5.41, 5.74) is 1.11. The molecule has 0 radical (unpaired) electrons. The Balaban J connectivity index is 2.04. The Morgan fingerprint density at radius 3 is 2.65 bits per heavy atom. The normalized spacial score (nSPS) is 25.6. The lowest BCUT2D eigenvalue weighted by Gasteiger charge is -2.40. The van der Waals surface area contributed by atoms with Gasteiger partial charge < -0.3 is 10.0 Å². The molecule has 0 spiro atoms. The van der Waals surface area contributed by atoms with Gasteiger partial charge in [-0.2, -0.15) is 0 Å². The highest BCUT2D eigenvalue weighted by atomic mass is 35.5. The van der Waals surface area contributed by atoms with E-state index in [2.05, 4.69) is 11.9 Å². The number of hydrogen-bond donors (Lipinski definition) is 1. The van der Waals surface area contributed by atoms with Crippen molar-refractivity contribution in [1.82, 2.24) is 4.90 Å². The molecule has 2 heterocycles. The molecular weight excluding hydrogens is 295 g/mol. The number of phenols is 1. The Labute approximate surface area is 127 Å². The number of allylic oxidation sites excluding steroid dienone is 2. The molecule has 20 heavy (non-hydrogen) atoms. The number of halogens is 2. The van der Waals surface area contributed by atoms with Crippen molar-refractivity contribution < 1.29 is 5.11 Å². The molecule has 104 valence electrons. The molecule has 1 aromatic rings. The molecule has 3 nitrogen and oxygen atoms in total. The summed E-state index contributed by atoms with van der Waals surface area (Å²) in [6, 6.07) is 7.35. The highest BCUT2D eigenvalue weighted by molar-refractivity contribution is 6.45. The summed E-state index contributed by atoms with van der Waals surface area (Å²) >= 11 is 12.4. The minimum absolute atomic E-state index is 0.110. The second kappa shape index (κ2) is 5.15. The van der Waals surface area contributed by atoms with Crippen molar-refractivity contribution in [2.75, 3.05) is 6.54 Å². The highest BCUT2D eigenvalue weighted by Gasteiger charge is 2.34. The molecule has 0 aliphatic carbocycles. The van der Waals surface area contributed by atoms with Gasteiger partial charge in [-0.1, -0.05) is 42.3 Å². The Morgan fingerprint density at radius 2 is 1.95 bits per heavy atom. The highest BCUT2D eigenvalue weighted by Crippen LogP contribution is 2.38. The lowest BCUT2D eigenvalue weighted by atomic mass is 9.91. The third kappa shape index (κ3) is 2.32. The molecule has 0 aromatic heterocycles. The van der Waals surface area contributed by atoms with Crippen LogP contribution in [0.5, 0.6) is 5.75 Å². The maximum absolute atomic E-state index is 9.44. The van der Waals surface area contributed by atoms with Crippen molar-refractivity contribution in [3.8, 4) is 5.75 Å². The van der Waals surface area contributed by atoms with Gasteiger partial charge in [-0.15, -0.1) is 0 Å². The van der Waals surface area contributed by atoms with Gasteiger partial charge in [0.2, 0.25) is 0 Å². The maximum Gasteiger partial charge on any atom is 0.147 e. The first-order valence-corrected chi connectivity index (χ1v) is 7.18. The summed E-state index contributed by atoms with van der Waals surface area (Å²) < 4.78 is 0. The lowest BCUT2D eigenvalue weighted by Crippen LogP contribution is -2.40. The van der Waals surface area contributed by atoms with Crippen molar-refractivity contribution in [2.45, 2.75) is 13.0 Å². The zero-order chi connectivity index (χ0) is 14.3. The van der Waals surface area contributed by atoms with Crippen LogP contribution in [0.2, 0.25) is 0 Å². The number of fused-ring (bicyclic) bond motifs is 1. The average Bonchev–Trinajstić information content (AvgIpc) is 2.40. The molecule has 1 aromatic carbocycles. The summed E-state index contributed by atoms with van der Waals surface area (Å²) in [7, 11) is 0. The van der Waals surface area contributed by atoms with Gasteiger partial charge in [0.15, 0.2) is 0 Å². The molecule has 0 bridgehead atoms. The molecule has 0 saturated heterocycles. The maximum atomic E-state index is 9.44. The summed E-state index contributed by atoms with van der Waals surface area (Å²) in [4.78, 5) is 6.55. The third-order valence-corrected chi connectivity index (χ3v) is 4.07. The molecule has 0 saturated carbocycles. The van der Waals surface area contributed by atoms with Crippen molar-refractivity contribution in [1.29, 1.82) is 0 Å². The Hall–Kier alpha value is -1.45. The minimum Gasteiger partial charge on any atom is -0.508 e. The standard InChI is InChI=1S/C15H14Cl2N2O/c1-9-7-18-15-13(17)6-11(16)8-19(15)14(9)10-2-4-12(20)5-3-10/h2-6,8-9,14,20H,7H2,1H3. The van der Waals surface area contributed by atoms with Gasteiger partial charge >= 0.3 is 0 Å². The van der Waals surface area contributed by atoms with Gasteiger partial charge in [-0.05, 0) is 23.8 Å². The second-order valence-electron chi connectivity index (χ2n) is 5.09. The van der Waals surface area contributed by atoms with E-state index < -0.39 is 0 Å². The SMILES string of the molecule is CC1CN=C2C(Cl)=CC(Cl)=CN2C1c1ccc(O)cc1. The largest absolute Gasteiger partial charge is 0.508 e. The number of amidine groups is 1. The van der Waals surface area contributed by atoms with Gasteiger partial charge in [0, 0.05) is 18.7 Å². The molecule has 0 amide bonds. The molecular formula is C15H14Cl2N2O. The zero-order valence-electron chi connectivity index (χ0n) is 10.9. The van der Waals surface area contributed by atoms with E-state index in [4.69, 9.17) is 23.2 Å². The van der Waals surface area contributed by atoms with E-state index in [1.807, 2.05) is 23.2 Å². The van der Waals surface area contributed by atoms with Crippen LogP contribution in [0.3, 0.4) is 0 Å². The van der Waals surface area contributed by atoms with E-state index in [1.165, 1.54) is 0 Å². The molecule has 2 atom stereocenters. The van der Waals surface area contributed by atoms with Crippen LogP contribution in [0.4, 0.5) is 0 Å². The van der Waals surface area contributed by atoms with Crippen LogP contribution >= 0.6 is 23.2 Å². The van der Waals surface area contributed by atoms with Crippen LogP contribution < -0.4 is 0 Å². The molecule has 2 unspecified atom stereocenters. The van der Waals surface area contributed by atoms with Crippen LogP contribution in [0, 0.1) is 5.92 Å². The van der Waals surface area contributed by atoms with Crippen molar-refractivity contribution in [2.24, 2.45) is 10.9 Å². The predicted octanol–water partition coefficient (Wildman–Crippen LogP) is 4.00. The van der Waals surface area contributed by atoms with Crippen LogP contribution in [0.15, 0.2) is 51.6 Å². The van der Waals surface area contributed by atoms with E-state index in [-0.39, 0.29) is 11.8 Å². The molecule has 1 N–H and O–H groups in total. The average molecular weight is 309 g/mol. The first-order valence-electron chi connectivity index (χ1n) is 6.43. The number of nitrogens with zero attached hydrogens (tertiary/aromatic N) is 2. The van der Waals surface area contributed by atoms with E-state index in [0.29, 0.717) is 22.5 Å². The molecule has 3 rings (SSSR count). The minimum atomic E-state index is 0.110. The number of hydrogen-bond acceptors (Lipinski definition) is 3. The molecule has 2 aliphatic heterocycles. The fraction of sp³-hybridized carbons (Fsp3) is 0.267. The Bertz CT molecular complexity index is 619. The number of aromatic hydroxyl groups is 1. The summed E-state index contributed by atoms with van der Waals surface area (Å²) in [5, 5.41) is 10.6. The third-order valence-electron chi connectivity index (χ3n) is 3.59. The quantitative estimate of drug-likeness (QED) is 0.851. The van der Waals surface area contributed by atoms with Crippen molar-refractivity contribution in [3.63, 3.8) is 0 Å². The number of rotatable bonds is 1. The van der Waals surface area contributed by atoms with Gasteiger partial charge in [0.05, 0.1) is 16.1 Å². The van der Waals surface area contributed by atoms with Crippen LogP contribution in [0.1, 0.15) is 18.5 Å². The van der Waals surface area contributed by atoms with Crippen LogP contribution in [-0.2, 0) is 0 Å². The van der Waals surface area contributed by atoms with Crippen LogP contribution in [-0.4, -0.2) is 22.4 Å². The monoisotopic (exact) mass is 308 g/mol. The zero-order valence-corrected chi connectivity index (χ0v) is 12.4. The van der Waals surface area contributed by atoms with Crippen molar-refractivity contribution >= 4 is 29.0 Å². The van der Waals surface area contributed by atoms with Gasteiger partial charge in [-0.3, -0.25) is 4.99 Å². The topological polar surface area (TPSA) is 35.8 Å². The molecule has 5 heteroatoms. The number of phenolic OH excluding ortho intramolecular Hbond substituents is 1. The first kappa shape index (κ1) is 13.5.